The minimum Gasteiger partial charge on any atom is -0.299 e. The van der Waals surface area contributed by atoms with Gasteiger partial charge in [0.15, 0.2) is 0 Å². The van der Waals surface area contributed by atoms with Crippen LogP contribution in [0.5, 0.6) is 0 Å². The van der Waals surface area contributed by atoms with E-state index in [1.807, 2.05) is 9.62 Å². The molecule has 0 aliphatic carbocycles. The number of piperidine rings is 1. The molecule has 1 saturated heterocycles. The van der Waals surface area contributed by atoms with E-state index < -0.39 is 32.7 Å². The van der Waals surface area contributed by atoms with Crippen LogP contribution in [0.2, 0.25) is 0 Å². The molecule has 1 aliphatic heterocycles. The first kappa shape index (κ1) is 18.1. The molecule has 0 spiro atoms. The molecule has 1 N–H and O–H groups in total. The van der Waals surface area contributed by atoms with E-state index in [4.69, 9.17) is 0 Å². The van der Waals surface area contributed by atoms with Crippen LogP contribution in [0.15, 0.2) is 23.4 Å². The number of nitrogens with one attached hydrogen (secondary N) is 1. The van der Waals surface area contributed by atoms with Gasteiger partial charge in [-0.3, -0.25) is 9.62 Å². The Bertz CT molecular complexity index is 838. The Hall–Kier alpha value is -1.72. The van der Waals surface area contributed by atoms with Crippen molar-refractivity contribution >= 4 is 26.7 Å². The van der Waals surface area contributed by atoms with Gasteiger partial charge >= 0.3 is 0 Å². The van der Waals surface area contributed by atoms with Crippen molar-refractivity contribution < 1.29 is 21.6 Å². The summed E-state index contributed by atoms with van der Waals surface area (Å²) < 4.78 is 71.7. The fourth-order valence-electron chi connectivity index (χ4n) is 2.59. The molecule has 2 aromatic rings. The molecule has 136 valence electrons. The zero-order chi connectivity index (χ0) is 18.0. The summed E-state index contributed by atoms with van der Waals surface area (Å²) in [4.78, 5) is 4.65. The lowest BCUT2D eigenvalue weighted by molar-refractivity contribution is 0.144. The molecule has 0 atom stereocenters. The van der Waals surface area contributed by atoms with Crippen LogP contribution in [0, 0.1) is 11.6 Å². The first-order valence-electron chi connectivity index (χ1n) is 7.49. The SMILES string of the molecule is O=S(=O)(Nc1ncns1)c1cc(F)c(CN2CCC(F)CC2)cc1F. The third-order valence-electron chi connectivity index (χ3n) is 3.88. The smallest absolute Gasteiger partial charge is 0.266 e. The average molecular weight is 392 g/mol. The maximum absolute atomic E-state index is 14.3. The van der Waals surface area contributed by atoms with Crippen molar-refractivity contribution in [1.82, 2.24) is 14.3 Å². The first-order valence-corrected chi connectivity index (χ1v) is 9.74. The summed E-state index contributed by atoms with van der Waals surface area (Å²) in [6.45, 7) is 0.987. The molecule has 1 aliphatic rings. The monoisotopic (exact) mass is 392 g/mol. The first-order chi connectivity index (χ1) is 11.8. The van der Waals surface area contributed by atoms with Crippen LogP contribution < -0.4 is 4.72 Å². The molecular formula is C14H15F3N4O2S2. The number of alkyl halides is 1. The van der Waals surface area contributed by atoms with Crippen molar-refractivity contribution in [1.29, 1.82) is 0 Å². The van der Waals surface area contributed by atoms with Crippen molar-refractivity contribution in [3.63, 3.8) is 0 Å². The van der Waals surface area contributed by atoms with Gasteiger partial charge in [-0.2, -0.15) is 4.37 Å². The maximum Gasteiger partial charge on any atom is 0.266 e. The van der Waals surface area contributed by atoms with Crippen LogP contribution in [0.4, 0.5) is 18.3 Å². The maximum atomic E-state index is 14.3. The third-order valence-corrected chi connectivity index (χ3v) is 5.95. The van der Waals surface area contributed by atoms with Crippen molar-refractivity contribution in [3.8, 4) is 0 Å². The summed E-state index contributed by atoms with van der Waals surface area (Å²) in [6.07, 6.45) is 0.977. The van der Waals surface area contributed by atoms with Crippen molar-refractivity contribution in [2.45, 2.75) is 30.5 Å². The van der Waals surface area contributed by atoms with Gasteiger partial charge in [-0.05, 0) is 25.0 Å². The van der Waals surface area contributed by atoms with Crippen LogP contribution >= 0.6 is 11.5 Å². The van der Waals surface area contributed by atoms with Crippen LogP contribution in [-0.2, 0) is 16.6 Å². The van der Waals surface area contributed by atoms with Gasteiger partial charge in [-0.15, -0.1) is 0 Å². The van der Waals surface area contributed by atoms with Crippen LogP contribution in [-0.4, -0.2) is 41.9 Å². The fraction of sp³-hybridized carbons (Fsp3) is 0.429. The predicted molar refractivity (Wildman–Crippen MR) is 86.5 cm³/mol. The van der Waals surface area contributed by atoms with Gasteiger partial charge in [-0.25, -0.2) is 26.6 Å². The number of aromatic nitrogens is 2. The Morgan fingerprint density at radius 2 is 1.96 bits per heavy atom. The van der Waals surface area contributed by atoms with E-state index in [2.05, 4.69) is 9.36 Å². The topological polar surface area (TPSA) is 75.2 Å². The van der Waals surface area contributed by atoms with Gasteiger partial charge in [0.1, 0.15) is 29.0 Å². The zero-order valence-corrected chi connectivity index (χ0v) is 14.6. The van der Waals surface area contributed by atoms with Gasteiger partial charge < -0.3 is 0 Å². The molecule has 1 aromatic heterocycles. The molecule has 11 heteroatoms. The van der Waals surface area contributed by atoms with Gasteiger partial charge in [-0.1, -0.05) is 0 Å². The molecule has 0 radical (unpaired) electrons. The van der Waals surface area contributed by atoms with E-state index in [1.54, 1.807) is 0 Å². The minimum atomic E-state index is -4.31. The van der Waals surface area contributed by atoms with Crippen molar-refractivity contribution in [2.24, 2.45) is 0 Å². The number of likely N-dealkylation sites (tertiary alicyclic amines) is 1. The molecule has 0 saturated carbocycles. The van der Waals surface area contributed by atoms with Crippen molar-refractivity contribution in [3.05, 3.63) is 35.7 Å². The normalized spacial score (nSPS) is 16.9. The second-order valence-corrected chi connectivity index (χ2v) is 8.11. The number of hydrogen-bond acceptors (Lipinski definition) is 6. The number of anilines is 1. The van der Waals surface area contributed by atoms with E-state index in [-0.39, 0.29) is 17.2 Å². The minimum absolute atomic E-state index is 0.0321. The number of nitrogens with zero attached hydrogens (tertiary/aromatic N) is 3. The quantitative estimate of drug-likeness (QED) is 0.847. The second-order valence-electron chi connectivity index (χ2n) is 5.68. The Balaban J connectivity index is 1.80. The lowest BCUT2D eigenvalue weighted by Crippen LogP contribution is -2.34. The zero-order valence-electron chi connectivity index (χ0n) is 13.0. The Kier molecular flexibility index (Phi) is 5.25. The van der Waals surface area contributed by atoms with Gasteiger partial charge in [0.25, 0.3) is 10.0 Å². The average Bonchev–Trinajstić information content (AvgIpc) is 3.04. The molecule has 1 fully saturated rings. The number of hydrogen-bond donors (Lipinski definition) is 1. The van der Waals surface area contributed by atoms with Crippen LogP contribution in [0.1, 0.15) is 18.4 Å². The highest BCUT2D eigenvalue weighted by molar-refractivity contribution is 7.93. The summed E-state index contributed by atoms with van der Waals surface area (Å²) in [6, 6.07) is 1.52. The van der Waals surface area contributed by atoms with E-state index in [1.165, 1.54) is 0 Å². The van der Waals surface area contributed by atoms with Crippen molar-refractivity contribution in [2.75, 3.05) is 17.8 Å². The molecule has 2 heterocycles. The molecule has 0 amide bonds. The molecule has 6 nitrogen and oxygen atoms in total. The van der Waals surface area contributed by atoms with E-state index in [0.29, 0.717) is 32.0 Å². The molecule has 0 bridgehead atoms. The Morgan fingerprint density at radius 3 is 2.60 bits per heavy atom. The molecular weight excluding hydrogens is 377 g/mol. The summed E-state index contributed by atoms with van der Waals surface area (Å²) in [5.74, 6) is -1.89. The molecule has 3 rings (SSSR count). The van der Waals surface area contributed by atoms with E-state index >= 15 is 0 Å². The molecule has 25 heavy (non-hydrogen) atoms. The van der Waals surface area contributed by atoms with Crippen LogP contribution in [0.25, 0.3) is 0 Å². The van der Waals surface area contributed by atoms with Crippen LogP contribution in [0.3, 0.4) is 0 Å². The summed E-state index contributed by atoms with van der Waals surface area (Å²) in [7, 11) is -4.31. The second kappa shape index (κ2) is 7.26. The Labute approximate surface area is 146 Å². The van der Waals surface area contributed by atoms with Gasteiger partial charge in [0.2, 0.25) is 5.13 Å². The highest BCUT2D eigenvalue weighted by Gasteiger charge is 2.25. The van der Waals surface area contributed by atoms with E-state index in [9.17, 15) is 21.6 Å². The number of benzene rings is 1. The van der Waals surface area contributed by atoms with E-state index in [0.717, 1.165) is 23.9 Å². The fourth-order valence-corrected chi connectivity index (χ4v) is 4.32. The summed E-state index contributed by atoms with van der Waals surface area (Å²) in [5, 5.41) is -0.0435. The van der Waals surface area contributed by atoms with Gasteiger partial charge in [0, 0.05) is 36.7 Å². The van der Waals surface area contributed by atoms with Gasteiger partial charge in [0.05, 0.1) is 0 Å². The molecule has 0 unspecified atom stereocenters. The number of halogens is 3. The summed E-state index contributed by atoms with van der Waals surface area (Å²) in [5.41, 5.74) is 0.0321. The molecule has 1 aromatic carbocycles. The standard InChI is InChI=1S/C14H15F3N4O2S2/c15-10-1-3-21(4-2-10)7-9-5-12(17)13(6-11(9)16)25(22,23)20-14-18-8-19-24-14/h5-6,8,10H,1-4,7H2,(H,18,19,20). The lowest BCUT2D eigenvalue weighted by atomic mass is 10.1. The largest absolute Gasteiger partial charge is 0.299 e. The Morgan fingerprint density at radius 1 is 1.24 bits per heavy atom. The highest BCUT2D eigenvalue weighted by Crippen LogP contribution is 2.24. The number of sulfonamides is 1. The number of rotatable bonds is 5. The highest BCUT2D eigenvalue weighted by atomic mass is 32.2. The third kappa shape index (κ3) is 4.28. The summed E-state index contributed by atoms with van der Waals surface area (Å²) >= 11 is 0.776. The lowest BCUT2D eigenvalue weighted by Gasteiger charge is -2.28. The predicted octanol–water partition coefficient (Wildman–Crippen LogP) is 2.55.